The van der Waals surface area contributed by atoms with Gasteiger partial charge in [-0.2, -0.15) is 0 Å². The van der Waals surface area contributed by atoms with Crippen LogP contribution in [0.2, 0.25) is 0 Å². The number of aliphatic hydroxyl groups excluding tert-OH is 1. The van der Waals surface area contributed by atoms with Crippen LogP contribution in [0.3, 0.4) is 0 Å². The summed E-state index contributed by atoms with van der Waals surface area (Å²) >= 11 is 0. The summed E-state index contributed by atoms with van der Waals surface area (Å²) in [5, 5.41) is 19.6. The maximum Gasteiger partial charge on any atom is 0.124 e. The van der Waals surface area contributed by atoms with Crippen molar-refractivity contribution in [2.75, 3.05) is 6.61 Å². The molecule has 1 aromatic carbocycles. The summed E-state index contributed by atoms with van der Waals surface area (Å²) in [7, 11) is 0. The molecule has 1 aromatic rings. The van der Waals surface area contributed by atoms with E-state index in [-0.39, 0.29) is 29.2 Å². The van der Waals surface area contributed by atoms with Crippen molar-refractivity contribution in [1.82, 2.24) is 0 Å². The van der Waals surface area contributed by atoms with Crippen LogP contribution in [-0.2, 0) is 10.8 Å². The molecule has 0 spiro atoms. The van der Waals surface area contributed by atoms with Crippen LogP contribution in [0.5, 0.6) is 5.75 Å². The van der Waals surface area contributed by atoms with Gasteiger partial charge in [0.15, 0.2) is 0 Å². The van der Waals surface area contributed by atoms with E-state index in [1.54, 1.807) is 0 Å². The molecule has 20 heavy (non-hydrogen) atoms. The summed E-state index contributed by atoms with van der Waals surface area (Å²) in [6.45, 7) is 12.7. The van der Waals surface area contributed by atoms with Gasteiger partial charge < -0.3 is 15.9 Å². The minimum Gasteiger partial charge on any atom is -0.507 e. The summed E-state index contributed by atoms with van der Waals surface area (Å²) in [5.41, 5.74) is 8.74. The molecule has 0 aliphatic carbocycles. The second-order valence-corrected chi connectivity index (χ2v) is 7.58. The number of hydrogen-bond donors (Lipinski definition) is 3. The van der Waals surface area contributed by atoms with E-state index in [0.717, 1.165) is 16.7 Å². The number of benzene rings is 1. The van der Waals surface area contributed by atoms with Gasteiger partial charge in [0.2, 0.25) is 0 Å². The lowest BCUT2D eigenvalue weighted by molar-refractivity contribution is 0.275. The lowest BCUT2D eigenvalue weighted by Crippen LogP contribution is -2.20. The van der Waals surface area contributed by atoms with Gasteiger partial charge in [-0.05, 0) is 34.4 Å². The predicted molar refractivity (Wildman–Crippen MR) is 84.1 cm³/mol. The fourth-order valence-electron chi connectivity index (χ4n) is 2.24. The molecule has 0 amide bonds. The SMILES string of the molecule is CC(C)(C)c1cc(C(N)CCO)c(O)c(C(C)(C)C)c1. The molecule has 3 heteroatoms. The molecule has 0 bridgehead atoms. The van der Waals surface area contributed by atoms with Crippen molar-refractivity contribution in [1.29, 1.82) is 0 Å². The van der Waals surface area contributed by atoms with Crippen molar-refractivity contribution < 1.29 is 10.2 Å². The van der Waals surface area contributed by atoms with Gasteiger partial charge in [-0.1, -0.05) is 47.6 Å². The van der Waals surface area contributed by atoms with E-state index in [4.69, 9.17) is 10.8 Å². The molecule has 0 saturated heterocycles. The molecule has 114 valence electrons. The highest BCUT2D eigenvalue weighted by Gasteiger charge is 2.26. The molecule has 0 aliphatic rings. The molecule has 1 atom stereocenters. The highest BCUT2D eigenvalue weighted by Crippen LogP contribution is 2.39. The van der Waals surface area contributed by atoms with Gasteiger partial charge in [0.05, 0.1) is 0 Å². The smallest absolute Gasteiger partial charge is 0.124 e. The maximum absolute atomic E-state index is 10.6. The lowest BCUT2D eigenvalue weighted by atomic mass is 9.78. The Balaban J connectivity index is 3.51. The summed E-state index contributed by atoms with van der Waals surface area (Å²) in [5.74, 6) is 0.270. The first kappa shape index (κ1) is 17.0. The molecule has 0 saturated carbocycles. The molecule has 0 heterocycles. The number of hydrogen-bond acceptors (Lipinski definition) is 3. The first-order chi connectivity index (χ1) is 8.98. The maximum atomic E-state index is 10.6. The second kappa shape index (κ2) is 5.74. The molecule has 1 unspecified atom stereocenters. The highest BCUT2D eigenvalue weighted by atomic mass is 16.3. The van der Waals surface area contributed by atoms with E-state index < -0.39 is 0 Å². The molecular formula is C17H29NO2. The Labute approximate surface area is 122 Å². The van der Waals surface area contributed by atoms with Crippen molar-refractivity contribution in [2.45, 2.75) is 64.8 Å². The fraction of sp³-hybridized carbons (Fsp3) is 0.647. The molecule has 3 nitrogen and oxygen atoms in total. The van der Waals surface area contributed by atoms with Gasteiger partial charge in [0, 0.05) is 18.2 Å². The standard InChI is InChI=1S/C17H29NO2/c1-16(2,3)11-9-12(14(18)7-8-19)15(20)13(10-11)17(4,5)6/h9-10,14,19-20H,7-8,18H2,1-6H3. The molecule has 0 fully saturated rings. The summed E-state index contributed by atoms with van der Waals surface area (Å²) in [4.78, 5) is 0. The van der Waals surface area contributed by atoms with Crippen LogP contribution in [-0.4, -0.2) is 16.8 Å². The fourth-order valence-corrected chi connectivity index (χ4v) is 2.24. The molecule has 0 aliphatic heterocycles. The zero-order chi connectivity index (χ0) is 15.7. The average molecular weight is 279 g/mol. The predicted octanol–water partition coefficient (Wildman–Crippen LogP) is 3.37. The summed E-state index contributed by atoms with van der Waals surface area (Å²) in [6.07, 6.45) is 0.449. The largest absolute Gasteiger partial charge is 0.507 e. The van der Waals surface area contributed by atoms with Crippen LogP contribution < -0.4 is 5.73 Å². The van der Waals surface area contributed by atoms with Crippen molar-refractivity contribution in [3.05, 3.63) is 28.8 Å². The van der Waals surface area contributed by atoms with Crippen molar-refractivity contribution in [3.8, 4) is 5.75 Å². The number of nitrogens with two attached hydrogens (primary N) is 1. The highest BCUT2D eigenvalue weighted by molar-refractivity contribution is 5.49. The number of rotatable bonds is 3. The molecule has 0 radical (unpaired) electrons. The number of aliphatic hydroxyl groups is 1. The first-order valence-corrected chi connectivity index (χ1v) is 7.22. The topological polar surface area (TPSA) is 66.5 Å². The minimum absolute atomic E-state index is 0.0125. The zero-order valence-corrected chi connectivity index (χ0v) is 13.6. The van der Waals surface area contributed by atoms with Gasteiger partial charge in [0.1, 0.15) is 5.75 Å². The van der Waals surface area contributed by atoms with Crippen molar-refractivity contribution >= 4 is 0 Å². The average Bonchev–Trinajstić information content (AvgIpc) is 2.26. The third kappa shape index (κ3) is 3.74. The minimum atomic E-state index is -0.344. The molecule has 1 rings (SSSR count). The molecule has 4 N–H and O–H groups in total. The van der Waals surface area contributed by atoms with Crippen LogP contribution in [0.25, 0.3) is 0 Å². The van der Waals surface area contributed by atoms with Gasteiger partial charge in [0.25, 0.3) is 0 Å². The van der Waals surface area contributed by atoms with Crippen LogP contribution in [0.15, 0.2) is 12.1 Å². The van der Waals surface area contributed by atoms with E-state index in [1.807, 2.05) is 6.07 Å². The van der Waals surface area contributed by atoms with E-state index in [9.17, 15) is 5.11 Å². The molecule has 0 aromatic heterocycles. The Morgan fingerprint density at radius 1 is 1.05 bits per heavy atom. The van der Waals surface area contributed by atoms with Crippen LogP contribution in [0, 0.1) is 0 Å². The van der Waals surface area contributed by atoms with Crippen LogP contribution in [0.1, 0.15) is 70.7 Å². The van der Waals surface area contributed by atoms with E-state index in [1.165, 1.54) is 0 Å². The summed E-state index contributed by atoms with van der Waals surface area (Å²) < 4.78 is 0. The van der Waals surface area contributed by atoms with E-state index in [2.05, 4.69) is 47.6 Å². The Kier molecular flexibility index (Phi) is 4.88. The van der Waals surface area contributed by atoms with E-state index in [0.29, 0.717) is 6.42 Å². The van der Waals surface area contributed by atoms with E-state index >= 15 is 0 Å². The summed E-state index contributed by atoms with van der Waals surface area (Å²) in [6, 6.07) is 3.71. The van der Waals surface area contributed by atoms with Crippen LogP contribution in [0.4, 0.5) is 0 Å². The Morgan fingerprint density at radius 3 is 2.00 bits per heavy atom. The van der Waals surface area contributed by atoms with Gasteiger partial charge in [-0.25, -0.2) is 0 Å². The van der Waals surface area contributed by atoms with Gasteiger partial charge >= 0.3 is 0 Å². The quantitative estimate of drug-likeness (QED) is 0.794. The number of phenols is 1. The second-order valence-electron chi connectivity index (χ2n) is 7.58. The monoisotopic (exact) mass is 279 g/mol. The number of phenolic OH excluding ortho intramolecular Hbond substituents is 1. The third-order valence-electron chi connectivity index (χ3n) is 3.65. The van der Waals surface area contributed by atoms with Crippen molar-refractivity contribution in [2.24, 2.45) is 5.73 Å². The number of aromatic hydroxyl groups is 1. The molecular weight excluding hydrogens is 250 g/mol. The first-order valence-electron chi connectivity index (χ1n) is 7.22. The zero-order valence-electron chi connectivity index (χ0n) is 13.6. The Hall–Kier alpha value is -1.06. The normalized spacial score (nSPS) is 14.4. The van der Waals surface area contributed by atoms with Gasteiger partial charge in [-0.15, -0.1) is 0 Å². The lowest BCUT2D eigenvalue weighted by Gasteiger charge is -2.28. The Bertz CT molecular complexity index is 467. The Morgan fingerprint density at radius 2 is 1.60 bits per heavy atom. The van der Waals surface area contributed by atoms with Gasteiger partial charge in [-0.3, -0.25) is 0 Å². The third-order valence-corrected chi connectivity index (χ3v) is 3.65. The van der Waals surface area contributed by atoms with Crippen LogP contribution >= 0.6 is 0 Å². The van der Waals surface area contributed by atoms with Crippen molar-refractivity contribution in [3.63, 3.8) is 0 Å².